The van der Waals surface area contributed by atoms with Crippen LogP contribution in [-0.2, 0) is 4.74 Å². The number of methoxy groups -OCH3 is 1. The van der Waals surface area contributed by atoms with Crippen molar-refractivity contribution < 1.29 is 4.74 Å². The number of hydrogen-bond acceptors (Lipinski definition) is 1. The van der Waals surface area contributed by atoms with Gasteiger partial charge in [0.15, 0.2) is 0 Å². The summed E-state index contributed by atoms with van der Waals surface area (Å²) in [6.45, 7) is 5.65. The van der Waals surface area contributed by atoms with Crippen LogP contribution in [0, 0.1) is 0 Å². The molecule has 0 bridgehead atoms. The minimum absolute atomic E-state index is 0.872. The van der Waals surface area contributed by atoms with Gasteiger partial charge in [-0.2, -0.15) is 0 Å². The molecule has 52 valence electrons. The molecule has 0 aliphatic carbocycles. The van der Waals surface area contributed by atoms with E-state index < -0.39 is 0 Å². The van der Waals surface area contributed by atoms with Gasteiger partial charge >= 0.3 is 0 Å². The standard InChI is InChI=1S/C8H14O/c1-4-6-7-8(5-2)9-3/h2,4,6-7H2,1,3H3. The first-order valence-electron chi connectivity index (χ1n) is 3.28. The Kier molecular flexibility index (Phi) is 5.04. The fraction of sp³-hybridized carbons (Fsp3) is 0.625. The maximum Gasteiger partial charge on any atom is 0.137 e. The molecule has 0 radical (unpaired) electrons. The molecule has 9 heavy (non-hydrogen) atoms. The molecule has 0 aliphatic heterocycles. The van der Waals surface area contributed by atoms with E-state index in [9.17, 15) is 0 Å². The van der Waals surface area contributed by atoms with Gasteiger partial charge in [-0.05, 0) is 6.42 Å². The van der Waals surface area contributed by atoms with Crippen LogP contribution < -0.4 is 0 Å². The molecule has 0 saturated carbocycles. The summed E-state index contributed by atoms with van der Waals surface area (Å²) in [5.41, 5.74) is 2.73. The number of allylic oxidation sites excluding steroid dienone is 1. The van der Waals surface area contributed by atoms with Crippen molar-refractivity contribution in [3.8, 4) is 0 Å². The second-order valence-electron chi connectivity index (χ2n) is 1.91. The largest absolute Gasteiger partial charge is 0.493 e. The Hall–Kier alpha value is -0.680. The summed E-state index contributed by atoms with van der Waals surface area (Å²) in [5, 5.41) is 0. The van der Waals surface area contributed by atoms with E-state index in [-0.39, 0.29) is 0 Å². The SMILES string of the molecule is C=C=C(CCCC)OC. The molecule has 1 nitrogen and oxygen atoms in total. The average Bonchev–Trinajstić information content (AvgIpc) is 1.91. The highest BCUT2D eigenvalue weighted by Crippen LogP contribution is 2.04. The van der Waals surface area contributed by atoms with E-state index >= 15 is 0 Å². The number of unbranched alkanes of at least 4 members (excludes halogenated alkanes) is 1. The normalized spacial score (nSPS) is 8.22. The van der Waals surface area contributed by atoms with E-state index in [0.29, 0.717) is 0 Å². The molecule has 0 amide bonds. The summed E-state index contributed by atoms with van der Waals surface area (Å²) in [4.78, 5) is 0. The van der Waals surface area contributed by atoms with Crippen molar-refractivity contribution in [3.05, 3.63) is 18.1 Å². The van der Waals surface area contributed by atoms with Crippen LogP contribution in [0.25, 0.3) is 0 Å². The van der Waals surface area contributed by atoms with Crippen LogP contribution in [0.1, 0.15) is 26.2 Å². The lowest BCUT2D eigenvalue weighted by Crippen LogP contribution is -1.83. The molecule has 0 aromatic heterocycles. The Labute approximate surface area is 57.0 Å². The highest BCUT2D eigenvalue weighted by Gasteiger charge is 1.90. The Morgan fingerprint density at radius 2 is 2.33 bits per heavy atom. The minimum atomic E-state index is 0.872. The van der Waals surface area contributed by atoms with Crippen LogP contribution in [-0.4, -0.2) is 7.11 Å². The molecule has 0 aromatic rings. The summed E-state index contributed by atoms with van der Waals surface area (Å²) in [7, 11) is 1.66. The first-order valence-corrected chi connectivity index (χ1v) is 3.28. The Bertz CT molecular complexity index is 110. The van der Waals surface area contributed by atoms with Crippen molar-refractivity contribution >= 4 is 0 Å². The molecule has 0 unspecified atom stereocenters. The van der Waals surface area contributed by atoms with Gasteiger partial charge in [0, 0.05) is 6.42 Å². The molecule has 0 atom stereocenters. The van der Waals surface area contributed by atoms with Gasteiger partial charge in [0.2, 0.25) is 0 Å². The first kappa shape index (κ1) is 8.32. The predicted octanol–water partition coefficient (Wildman–Crippen LogP) is 2.49. The van der Waals surface area contributed by atoms with E-state index in [2.05, 4.69) is 19.2 Å². The quantitative estimate of drug-likeness (QED) is 0.415. The molecule has 0 heterocycles. The van der Waals surface area contributed by atoms with Crippen LogP contribution >= 0.6 is 0 Å². The van der Waals surface area contributed by atoms with Crippen molar-refractivity contribution in [1.82, 2.24) is 0 Å². The van der Waals surface area contributed by atoms with E-state index in [1.165, 1.54) is 6.42 Å². The monoisotopic (exact) mass is 126 g/mol. The van der Waals surface area contributed by atoms with Crippen LogP contribution in [0.3, 0.4) is 0 Å². The molecular formula is C8H14O. The third kappa shape index (κ3) is 3.87. The Balaban J connectivity index is 3.45. The van der Waals surface area contributed by atoms with Gasteiger partial charge in [-0.3, -0.25) is 0 Å². The van der Waals surface area contributed by atoms with E-state index in [1.807, 2.05) is 0 Å². The summed E-state index contributed by atoms with van der Waals surface area (Å²) >= 11 is 0. The minimum Gasteiger partial charge on any atom is -0.493 e. The van der Waals surface area contributed by atoms with Crippen molar-refractivity contribution in [2.45, 2.75) is 26.2 Å². The van der Waals surface area contributed by atoms with Crippen LogP contribution in [0.15, 0.2) is 18.1 Å². The van der Waals surface area contributed by atoms with Gasteiger partial charge in [0.1, 0.15) is 5.76 Å². The molecule has 0 aliphatic rings. The molecule has 1 heteroatoms. The molecule has 0 saturated heterocycles. The van der Waals surface area contributed by atoms with Crippen molar-refractivity contribution in [1.29, 1.82) is 0 Å². The molecule has 0 fully saturated rings. The summed E-state index contributed by atoms with van der Waals surface area (Å²) in [5.74, 6) is 0.872. The maximum absolute atomic E-state index is 4.94. The van der Waals surface area contributed by atoms with Gasteiger partial charge in [-0.25, -0.2) is 0 Å². The van der Waals surface area contributed by atoms with Crippen LogP contribution in [0.5, 0.6) is 0 Å². The molecule has 0 N–H and O–H groups in total. The van der Waals surface area contributed by atoms with Crippen LogP contribution in [0.2, 0.25) is 0 Å². The van der Waals surface area contributed by atoms with Gasteiger partial charge in [0.25, 0.3) is 0 Å². The van der Waals surface area contributed by atoms with Crippen molar-refractivity contribution in [2.24, 2.45) is 0 Å². The van der Waals surface area contributed by atoms with Crippen molar-refractivity contribution in [3.63, 3.8) is 0 Å². The third-order valence-electron chi connectivity index (χ3n) is 1.20. The zero-order chi connectivity index (χ0) is 7.11. The summed E-state index contributed by atoms with van der Waals surface area (Å²) in [6.07, 6.45) is 3.32. The average molecular weight is 126 g/mol. The summed E-state index contributed by atoms with van der Waals surface area (Å²) < 4.78 is 4.94. The van der Waals surface area contributed by atoms with Gasteiger partial charge in [0.05, 0.1) is 7.11 Å². The lowest BCUT2D eigenvalue weighted by atomic mass is 10.2. The van der Waals surface area contributed by atoms with E-state index in [0.717, 1.165) is 18.6 Å². The van der Waals surface area contributed by atoms with Gasteiger partial charge in [-0.1, -0.05) is 25.7 Å². The molecule has 0 aromatic carbocycles. The van der Waals surface area contributed by atoms with Crippen molar-refractivity contribution in [2.75, 3.05) is 7.11 Å². The second-order valence-corrected chi connectivity index (χ2v) is 1.91. The summed E-state index contributed by atoms with van der Waals surface area (Å²) in [6, 6.07) is 0. The van der Waals surface area contributed by atoms with Gasteiger partial charge in [-0.15, -0.1) is 0 Å². The lowest BCUT2D eigenvalue weighted by molar-refractivity contribution is 0.276. The maximum atomic E-state index is 4.94. The Morgan fingerprint density at radius 3 is 2.67 bits per heavy atom. The fourth-order valence-electron chi connectivity index (χ4n) is 0.600. The van der Waals surface area contributed by atoms with E-state index in [1.54, 1.807) is 7.11 Å². The zero-order valence-corrected chi connectivity index (χ0v) is 6.24. The highest BCUT2D eigenvalue weighted by molar-refractivity contribution is 4.87. The zero-order valence-electron chi connectivity index (χ0n) is 6.24. The predicted molar refractivity (Wildman–Crippen MR) is 39.2 cm³/mol. The first-order chi connectivity index (χ1) is 4.35. The van der Waals surface area contributed by atoms with Gasteiger partial charge < -0.3 is 4.74 Å². The molecular weight excluding hydrogens is 112 g/mol. The smallest absolute Gasteiger partial charge is 0.137 e. The molecule has 0 spiro atoms. The number of hydrogen-bond donors (Lipinski definition) is 0. The van der Waals surface area contributed by atoms with Crippen LogP contribution in [0.4, 0.5) is 0 Å². The molecule has 0 rings (SSSR count). The Morgan fingerprint density at radius 1 is 1.67 bits per heavy atom. The second kappa shape index (κ2) is 5.46. The lowest BCUT2D eigenvalue weighted by Gasteiger charge is -1.99. The highest BCUT2D eigenvalue weighted by atomic mass is 16.5. The topological polar surface area (TPSA) is 9.23 Å². The van der Waals surface area contributed by atoms with E-state index in [4.69, 9.17) is 4.74 Å². The fourth-order valence-corrected chi connectivity index (χ4v) is 0.600. The third-order valence-corrected chi connectivity index (χ3v) is 1.20. The number of rotatable bonds is 4. The number of ether oxygens (including phenoxy) is 1.